The number of likely N-dealkylation sites (tertiary alicyclic amines) is 1. The Labute approximate surface area is 201 Å². The fourth-order valence-corrected chi connectivity index (χ4v) is 4.78. The number of hydroxylamine groups is 2. The molecule has 3 rings (SSSR count). The maximum absolute atomic E-state index is 13.3. The van der Waals surface area contributed by atoms with Crippen LogP contribution in [0.5, 0.6) is 0 Å². The molecule has 3 amide bonds. The van der Waals surface area contributed by atoms with Gasteiger partial charge in [-0.1, -0.05) is 30.3 Å². The molecule has 9 heteroatoms. The number of benzene rings is 1. The van der Waals surface area contributed by atoms with Gasteiger partial charge < -0.3 is 15.2 Å². The van der Waals surface area contributed by atoms with Crippen molar-refractivity contribution in [3.63, 3.8) is 0 Å². The Kier molecular flexibility index (Phi) is 7.88. The number of nitrogens with one attached hydrogen (secondary N) is 1. The van der Waals surface area contributed by atoms with Crippen molar-refractivity contribution in [2.24, 2.45) is 5.92 Å². The largest absolute Gasteiger partial charge is 0.444 e. The third kappa shape index (κ3) is 5.52. The molecule has 2 aliphatic heterocycles. The minimum Gasteiger partial charge on any atom is -0.444 e. The molecule has 34 heavy (non-hydrogen) atoms. The molecule has 0 aromatic heterocycles. The second-order valence-corrected chi connectivity index (χ2v) is 10.2. The first-order chi connectivity index (χ1) is 16.0. The van der Waals surface area contributed by atoms with Gasteiger partial charge in [-0.25, -0.2) is 9.86 Å². The van der Waals surface area contributed by atoms with Crippen LogP contribution in [0.1, 0.15) is 58.9 Å². The van der Waals surface area contributed by atoms with Crippen LogP contribution in [0.4, 0.5) is 4.79 Å². The molecular formula is C25H37N3O6. The van der Waals surface area contributed by atoms with E-state index in [0.717, 1.165) is 5.56 Å². The molecule has 9 nitrogen and oxygen atoms in total. The molecule has 2 aliphatic rings. The lowest BCUT2D eigenvalue weighted by molar-refractivity contribution is -0.241. The third-order valence-corrected chi connectivity index (χ3v) is 6.54. The normalized spacial score (nSPS) is 24.1. The number of amides is 3. The zero-order valence-corrected chi connectivity index (χ0v) is 20.7. The Hall–Kier alpha value is -2.65. The van der Waals surface area contributed by atoms with Crippen molar-refractivity contribution in [2.75, 3.05) is 13.6 Å². The molecule has 0 radical (unpaired) electrons. The Morgan fingerprint density at radius 1 is 1.26 bits per heavy atom. The van der Waals surface area contributed by atoms with Gasteiger partial charge in [0.25, 0.3) is 5.91 Å². The summed E-state index contributed by atoms with van der Waals surface area (Å²) in [6.45, 7) is 7.48. The highest BCUT2D eigenvalue weighted by molar-refractivity contribution is 5.95. The highest BCUT2D eigenvalue weighted by atomic mass is 16.7. The number of nitrogens with zero attached hydrogens (tertiary/aromatic N) is 2. The lowest BCUT2D eigenvalue weighted by Gasteiger charge is -2.50. The molecule has 4 atom stereocenters. The van der Waals surface area contributed by atoms with E-state index < -0.39 is 29.3 Å². The van der Waals surface area contributed by atoms with Gasteiger partial charge in [0.05, 0.1) is 18.6 Å². The topological polar surface area (TPSA) is 108 Å². The minimum atomic E-state index is -1.00. The molecular weight excluding hydrogens is 438 g/mol. The van der Waals surface area contributed by atoms with E-state index in [1.54, 1.807) is 32.6 Å². The van der Waals surface area contributed by atoms with Crippen molar-refractivity contribution in [1.29, 1.82) is 0 Å². The molecule has 188 valence electrons. The van der Waals surface area contributed by atoms with Crippen molar-refractivity contribution in [1.82, 2.24) is 15.3 Å². The van der Waals surface area contributed by atoms with Gasteiger partial charge in [-0.2, -0.15) is 0 Å². The van der Waals surface area contributed by atoms with E-state index in [9.17, 15) is 19.5 Å². The molecule has 2 heterocycles. The highest BCUT2D eigenvalue weighted by Crippen LogP contribution is 2.44. The van der Waals surface area contributed by atoms with E-state index in [1.165, 1.54) is 12.1 Å². The summed E-state index contributed by atoms with van der Waals surface area (Å²) in [5.41, 5.74) is -0.772. The lowest BCUT2D eigenvalue weighted by Crippen LogP contribution is -2.73. The second kappa shape index (κ2) is 10.3. The van der Waals surface area contributed by atoms with Crippen molar-refractivity contribution in [3.8, 4) is 0 Å². The number of carbonyl (C=O) groups is 3. The quantitative estimate of drug-likeness (QED) is 0.560. The van der Waals surface area contributed by atoms with E-state index in [2.05, 4.69) is 5.32 Å². The molecule has 2 saturated heterocycles. The predicted molar refractivity (Wildman–Crippen MR) is 125 cm³/mol. The molecule has 0 bridgehead atoms. The molecule has 2 unspecified atom stereocenters. The average Bonchev–Trinajstić information content (AvgIpc) is 3.17. The minimum absolute atomic E-state index is 0.244. The zero-order valence-electron chi connectivity index (χ0n) is 20.7. The fourth-order valence-electron chi connectivity index (χ4n) is 4.78. The van der Waals surface area contributed by atoms with Crippen LogP contribution < -0.4 is 5.32 Å². The first-order valence-corrected chi connectivity index (χ1v) is 11.9. The van der Waals surface area contributed by atoms with E-state index in [1.807, 2.05) is 30.3 Å². The van der Waals surface area contributed by atoms with Gasteiger partial charge in [-0.3, -0.25) is 19.3 Å². The number of β-lactam (4-membered cyclic amide) rings is 1. The molecule has 2 fully saturated rings. The Balaban J connectivity index is 1.73. The van der Waals surface area contributed by atoms with Crippen LogP contribution in [0, 0.1) is 5.92 Å². The van der Waals surface area contributed by atoms with Gasteiger partial charge in [-0.15, -0.1) is 0 Å². The average molecular weight is 476 g/mol. The second-order valence-electron chi connectivity index (χ2n) is 10.2. The molecule has 0 aliphatic carbocycles. The van der Waals surface area contributed by atoms with Crippen molar-refractivity contribution in [2.45, 2.75) is 83.3 Å². The van der Waals surface area contributed by atoms with Crippen LogP contribution in [0.15, 0.2) is 30.3 Å². The standard InChI is InChI=1S/C25H37N3O6/c1-17(29)20(21(30)26-5)12-11-19-13-14-25(28(19)23(32)34-24(2,3)4)16-27(22(25)31)33-15-18-9-7-6-8-10-18/h6-10,17,19-20,29H,11-16H2,1-5H3,(H,26,30)/t17-,19?,20+,25?/m1/s1. The van der Waals surface area contributed by atoms with E-state index in [0.29, 0.717) is 25.7 Å². The van der Waals surface area contributed by atoms with E-state index in [4.69, 9.17) is 9.57 Å². The summed E-state index contributed by atoms with van der Waals surface area (Å²) in [6, 6.07) is 9.29. The van der Waals surface area contributed by atoms with E-state index in [-0.39, 0.29) is 31.0 Å². The van der Waals surface area contributed by atoms with Crippen molar-refractivity contribution < 1.29 is 29.1 Å². The number of rotatable bonds is 8. The summed E-state index contributed by atoms with van der Waals surface area (Å²) in [4.78, 5) is 46.0. The fraction of sp³-hybridized carbons (Fsp3) is 0.640. The van der Waals surface area contributed by atoms with Crippen LogP contribution in [0.25, 0.3) is 0 Å². The number of hydrogen-bond acceptors (Lipinski definition) is 6. The van der Waals surface area contributed by atoms with Gasteiger partial charge in [0, 0.05) is 13.1 Å². The summed E-state index contributed by atoms with van der Waals surface area (Å²) < 4.78 is 5.67. The molecule has 0 saturated carbocycles. The first kappa shape index (κ1) is 26.0. The summed E-state index contributed by atoms with van der Waals surface area (Å²) >= 11 is 0. The smallest absolute Gasteiger partial charge is 0.411 e. The zero-order chi connectivity index (χ0) is 25.1. The van der Waals surface area contributed by atoms with E-state index >= 15 is 0 Å². The van der Waals surface area contributed by atoms with Gasteiger partial charge in [0.15, 0.2) is 0 Å². The van der Waals surface area contributed by atoms with Crippen LogP contribution in [0.2, 0.25) is 0 Å². The van der Waals surface area contributed by atoms with Gasteiger partial charge in [0.1, 0.15) is 17.7 Å². The number of aliphatic hydroxyl groups excluding tert-OH is 1. The molecule has 2 N–H and O–H groups in total. The third-order valence-electron chi connectivity index (χ3n) is 6.54. The van der Waals surface area contributed by atoms with Gasteiger partial charge in [-0.05, 0) is 58.9 Å². The maximum Gasteiger partial charge on any atom is 0.411 e. The Morgan fingerprint density at radius 2 is 1.94 bits per heavy atom. The molecule has 1 spiro atoms. The first-order valence-electron chi connectivity index (χ1n) is 11.9. The summed E-state index contributed by atoms with van der Waals surface area (Å²) in [7, 11) is 1.53. The van der Waals surface area contributed by atoms with Crippen LogP contribution in [-0.4, -0.2) is 69.9 Å². The van der Waals surface area contributed by atoms with Gasteiger partial charge in [0.2, 0.25) is 5.91 Å². The lowest BCUT2D eigenvalue weighted by atomic mass is 9.88. The van der Waals surface area contributed by atoms with Crippen LogP contribution >= 0.6 is 0 Å². The maximum atomic E-state index is 13.3. The number of hydrogen-bond donors (Lipinski definition) is 2. The number of aliphatic hydroxyl groups is 1. The predicted octanol–water partition coefficient (Wildman–Crippen LogP) is 2.62. The van der Waals surface area contributed by atoms with Crippen molar-refractivity contribution in [3.05, 3.63) is 35.9 Å². The van der Waals surface area contributed by atoms with Crippen molar-refractivity contribution >= 4 is 17.9 Å². The van der Waals surface area contributed by atoms with Crippen LogP contribution in [0.3, 0.4) is 0 Å². The SMILES string of the molecule is CNC(=O)[C@@H](CCC1CCC2(CN(OCc3ccccc3)C2=O)N1C(=O)OC(C)(C)C)[C@@H](C)O. The monoisotopic (exact) mass is 475 g/mol. The number of carbonyl (C=O) groups excluding carboxylic acids is 3. The Morgan fingerprint density at radius 3 is 2.50 bits per heavy atom. The summed E-state index contributed by atoms with van der Waals surface area (Å²) in [5.74, 6) is -1.09. The summed E-state index contributed by atoms with van der Waals surface area (Å²) in [5, 5.41) is 14.0. The van der Waals surface area contributed by atoms with Gasteiger partial charge >= 0.3 is 6.09 Å². The molecule has 1 aromatic rings. The Bertz CT molecular complexity index is 884. The highest BCUT2D eigenvalue weighted by Gasteiger charge is 2.64. The van der Waals surface area contributed by atoms with Crippen LogP contribution in [-0.2, 0) is 25.8 Å². The molecule has 1 aromatic carbocycles. The number of ether oxygens (including phenoxy) is 1. The summed E-state index contributed by atoms with van der Waals surface area (Å²) in [6.07, 6.45) is 0.608.